The number of nitrogens with zero attached hydrogens (tertiary/aromatic N) is 8. The Morgan fingerprint density at radius 1 is 0.939 bits per heavy atom. The molecule has 49 heavy (non-hydrogen) atoms. The molecule has 2 aliphatic heterocycles. The van der Waals surface area contributed by atoms with Crippen LogP contribution in [0.25, 0.3) is 5.69 Å². The summed E-state index contributed by atoms with van der Waals surface area (Å²) in [6, 6.07) is 21.9. The minimum Gasteiger partial charge on any atom is -0.491 e. The van der Waals surface area contributed by atoms with Gasteiger partial charge in [0.1, 0.15) is 31.3 Å². The first-order valence-electron chi connectivity index (χ1n) is 16.4. The van der Waals surface area contributed by atoms with Crippen molar-refractivity contribution in [3.8, 4) is 11.4 Å². The van der Waals surface area contributed by atoms with Gasteiger partial charge >= 0.3 is 5.69 Å². The lowest BCUT2D eigenvalue weighted by Gasteiger charge is -2.37. The van der Waals surface area contributed by atoms with Crippen molar-refractivity contribution in [2.75, 3.05) is 49.2 Å². The zero-order valence-electron chi connectivity index (χ0n) is 27.4. The van der Waals surface area contributed by atoms with Gasteiger partial charge in [-0.1, -0.05) is 34.5 Å². The molecule has 0 N–H and O–H groups in total. The van der Waals surface area contributed by atoms with Crippen LogP contribution in [0.15, 0.2) is 94.7 Å². The number of hydrogen-bond acceptors (Lipinski definition) is 9. The van der Waals surface area contributed by atoms with E-state index in [0.717, 1.165) is 65.4 Å². The van der Waals surface area contributed by atoms with Gasteiger partial charge < -0.3 is 24.0 Å². The normalized spacial score (nSPS) is 20.1. The van der Waals surface area contributed by atoms with E-state index in [1.807, 2.05) is 56.3 Å². The number of benzene rings is 3. The fourth-order valence-corrected chi connectivity index (χ4v) is 6.94. The van der Waals surface area contributed by atoms with Crippen molar-refractivity contribution in [1.29, 1.82) is 0 Å². The van der Waals surface area contributed by atoms with Crippen molar-refractivity contribution < 1.29 is 14.2 Å². The lowest BCUT2D eigenvalue weighted by atomic mass is 10.1. The number of rotatable bonds is 11. The molecule has 2 aromatic heterocycles. The summed E-state index contributed by atoms with van der Waals surface area (Å²) >= 11 is 9.98. The Morgan fingerprint density at radius 3 is 2.22 bits per heavy atom. The van der Waals surface area contributed by atoms with Crippen molar-refractivity contribution in [1.82, 2.24) is 29.3 Å². The fourth-order valence-electron chi connectivity index (χ4n) is 6.21. The van der Waals surface area contributed by atoms with E-state index in [2.05, 4.69) is 65.3 Å². The quantitative estimate of drug-likeness (QED) is 0.169. The highest BCUT2D eigenvalue weighted by atomic mass is 79.9. The van der Waals surface area contributed by atoms with Crippen LogP contribution in [0.5, 0.6) is 5.75 Å². The van der Waals surface area contributed by atoms with Crippen LogP contribution in [0, 0.1) is 0 Å². The van der Waals surface area contributed by atoms with Crippen molar-refractivity contribution >= 4 is 38.9 Å². The number of piperazine rings is 1. The van der Waals surface area contributed by atoms with Gasteiger partial charge in [0, 0.05) is 52.6 Å². The number of hydrogen-bond donors (Lipinski definition) is 0. The minimum atomic E-state index is -1.12. The molecule has 0 aliphatic carbocycles. The van der Waals surface area contributed by atoms with Crippen LogP contribution in [0.2, 0.25) is 5.02 Å². The maximum atomic E-state index is 12.8. The molecular formula is C35H38BrClN8O4. The molecule has 2 fully saturated rings. The highest BCUT2D eigenvalue weighted by Crippen LogP contribution is 2.41. The first kappa shape index (κ1) is 33.3. The molecule has 0 bridgehead atoms. The number of aromatic nitrogens is 6. The van der Waals surface area contributed by atoms with Gasteiger partial charge in [-0.15, -0.1) is 0 Å². The Bertz CT molecular complexity index is 1910. The predicted molar refractivity (Wildman–Crippen MR) is 191 cm³/mol. The molecule has 0 radical (unpaired) electrons. The topological polar surface area (TPSA) is 105 Å². The second-order valence-corrected chi connectivity index (χ2v) is 13.6. The molecule has 0 spiro atoms. The molecule has 14 heteroatoms. The van der Waals surface area contributed by atoms with Crippen LogP contribution >= 0.6 is 27.5 Å². The highest BCUT2D eigenvalue weighted by Gasteiger charge is 2.46. The second-order valence-electron chi connectivity index (χ2n) is 12.3. The summed E-state index contributed by atoms with van der Waals surface area (Å²) in [5, 5.41) is 13.4. The molecule has 1 unspecified atom stereocenters. The molecular weight excluding hydrogens is 712 g/mol. The summed E-state index contributed by atoms with van der Waals surface area (Å²) in [5.74, 6) is -0.364. The molecule has 3 atom stereocenters. The zero-order chi connectivity index (χ0) is 34.0. The lowest BCUT2D eigenvalue weighted by Crippen LogP contribution is -2.46. The van der Waals surface area contributed by atoms with Gasteiger partial charge in [0.2, 0.25) is 5.79 Å². The van der Waals surface area contributed by atoms with E-state index >= 15 is 0 Å². The van der Waals surface area contributed by atoms with Crippen LogP contribution in [0.4, 0.5) is 11.4 Å². The molecule has 7 rings (SSSR count). The Balaban J connectivity index is 0.927. The smallest absolute Gasteiger partial charge is 0.350 e. The largest absolute Gasteiger partial charge is 0.491 e. The van der Waals surface area contributed by atoms with E-state index in [0.29, 0.717) is 18.2 Å². The molecule has 256 valence electrons. The minimum absolute atomic E-state index is 0.0664. The van der Waals surface area contributed by atoms with E-state index in [9.17, 15) is 4.79 Å². The summed E-state index contributed by atoms with van der Waals surface area (Å²) in [6.45, 7) is 8.53. The van der Waals surface area contributed by atoms with Crippen LogP contribution in [0.1, 0.15) is 31.9 Å². The number of ether oxygens (including phenoxy) is 3. The average Bonchev–Trinajstić information content (AvgIpc) is 3.90. The average molecular weight is 750 g/mol. The molecule has 12 nitrogen and oxygen atoms in total. The van der Waals surface area contributed by atoms with Gasteiger partial charge in [0.15, 0.2) is 0 Å². The Hall–Kier alpha value is -4.17. The van der Waals surface area contributed by atoms with E-state index in [1.54, 1.807) is 32.8 Å². The van der Waals surface area contributed by atoms with Crippen LogP contribution < -0.4 is 20.2 Å². The predicted octanol–water partition coefficient (Wildman–Crippen LogP) is 5.69. The third-order valence-electron chi connectivity index (χ3n) is 9.13. The lowest BCUT2D eigenvalue weighted by molar-refractivity contribution is -0.193. The standard InChI is InChI=1S/C35H38BrClN8O4/c1-3-25(2)45-34(46)43(24-40-45)29-7-5-27(6-8-29)41-16-18-42(19-17-41)28-9-11-30(12-10-28)47-21-31-22-48-35(49-31,23-44-38-14-15-39-44)32-20-26(37)4-13-33(32)36/h4-15,20,24-25,31H,3,16-19,21-23H2,1-2H3/t25?,31-,35-/m1/s1. The third-order valence-corrected chi connectivity index (χ3v) is 10.1. The van der Waals surface area contributed by atoms with Gasteiger partial charge in [0.05, 0.1) is 30.7 Å². The Morgan fingerprint density at radius 2 is 1.57 bits per heavy atom. The van der Waals surface area contributed by atoms with E-state index in [4.69, 9.17) is 25.8 Å². The van der Waals surface area contributed by atoms with Crippen molar-refractivity contribution in [2.45, 2.75) is 44.7 Å². The highest BCUT2D eigenvalue weighted by molar-refractivity contribution is 9.10. The Kier molecular flexibility index (Phi) is 9.77. The molecule has 0 amide bonds. The molecule has 4 heterocycles. The summed E-state index contributed by atoms with van der Waals surface area (Å²) in [6.07, 6.45) is 5.38. The summed E-state index contributed by atoms with van der Waals surface area (Å²) < 4.78 is 22.9. The molecule has 2 aliphatic rings. The van der Waals surface area contributed by atoms with Crippen molar-refractivity contribution in [3.05, 3.63) is 111 Å². The molecule has 3 aromatic carbocycles. The van der Waals surface area contributed by atoms with Gasteiger partial charge in [-0.05, 0) is 80.1 Å². The van der Waals surface area contributed by atoms with Crippen molar-refractivity contribution in [3.63, 3.8) is 0 Å². The second kappa shape index (κ2) is 14.4. The molecule has 2 saturated heterocycles. The van der Waals surface area contributed by atoms with E-state index < -0.39 is 5.79 Å². The summed E-state index contributed by atoms with van der Waals surface area (Å²) in [5.41, 5.74) is 3.76. The number of halogens is 2. The first-order chi connectivity index (χ1) is 23.8. The third kappa shape index (κ3) is 7.11. The maximum absolute atomic E-state index is 12.8. The summed E-state index contributed by atoms with van der Waals surface area (Å²) in [7, 11) is 0. The first-order valence-corrected chi connectivity index (χ1v) is 17.6. The van der Waals surface area contributed by atoms with E-state index in [-0.39, 0.29) is 24.4 Å². The van der Waals surface area contributed by atoms with Gasteiger partial charge in [-0.3, -0.25) is 0 Å². The van der Waals surface area contributed by atoms with Crippen LogP contribution in [0.3, 0.4) is 0 Å². The monoisotopic (exact) mass is 748 g/mol. The van der Waals surface area contributed by atoms with Gasteiger partial charge in [-0.2, -0.15) is 20.1 Å². The van der Waals surface area contributed by atoms with Crippen molar-refractivity contribution in [2.24, 2.45) is 0 Å². The fraction of sp³-hybridized carbons (Fsp3) is 0.371. The SMILES string of the molecule is CCC(C)n1ncn(-c2ccc(N3CCN(c4ccc(OC[C@@H]5CO[C@@](Cn6nccn6)(c6cc(Cl)ccc6Br)O5)cc4)CC3)cc2)c1=O. The summed E-state index contributed by atoms with van der Waals surface area (Å²) in [4.78, 5) is 19.1. The maximum Gasteiger partial charge on any atom is 0.350 e. The zero-order valence-corrected chi connectivity index (χ0v) is 29.7. The number of anilines is 2. The van der Waals surface area contributed by atoms with Gasteiger partial charge in [0.25, 0.3) is 0 Å². The van der Waals surface area contributed by atoms with Crippen LogP contribution in [-0.2, 0) is 21.8 Å². The van der Waals surface area contributed by atoms with Gasteiger partial charge in [-0.25, -0.2) is 14.0 Å². The molecule has 5 aromatic rings. The molecule has 0 saturated carbocycles. The van der Waals surface area contributed by atoms with Crippen LogP contribution in [-0.4, -0.2) is 74.8 Å². The Labute approximate surface area is 297 Å². The van der Waals surface area contributed by atoms with E-state index in [1.165, 1.54) is 0 Å².